The molecule has 1 atom stereocenters. The normalized spacial score (nSPS) is 14.4. The van der Waals surface area contributed by atoms with Gasteiger partial charge in [0.05, 0.1) is 18.3 Å². The molecule has 1 unspecified atom stereocenters. The average molecular weight is 332 g/mol. The van der Waals surface area contributed by atoms with Crippen LogP contribution in [0.5, 0.6) is 5.75 Å². The number of carbonyl (C=O) groups excluding carboxylic acids is 1. The van der Waals surface area contributed by atoms with E-state index < -0.39 is 0 Å². The van der Waals surface area contributed by atoms with Gasteiger partial charge in [0.25, 0.3) is 5.91 Å². The van der Waals surface area contributed by atoms with Gasteiger partial charge in [-0.15, -0.1) is 5.10 Å². The lowest BCUT2D eigenvalue weighted by atomic mass is 10.0. The van der Waals surface area contributed by atoms with Crippen molar-refractivity contribution in [1.82, 2.24) is 19.8 Å². The molecule has 1 aromatic heterocycles. The third-order valence-electron chi connectivity index (χ3n) is 4.04. The Labute approximate surface area is 139 Å². The van der Waals surface area contributed by atoms with Gasteiger partial charge < -0.3 is 15.0 Å². The molecule has 2 heterocycles. The minimum absolute atomic E-state index is 0.103. The van der Waals surface area contributed by atoms with Gasteiger partial charge in [-0.25, -0.2) is 0 Å². The molecule has 3 rings (SSSR count). The van der Waals surface area contributed by atoms with Gasteiger partial charge in [0.15, 0.2) is 0 Å². The second kappa shape index (κ2) is 6.64. The lowest BCUT2D eigenvalue weighted by Gasteiger charge is -2.25. The summed E-state index contributed by atoms with van der Waals surface area (Å²) >= 11 is 1.13. The van der Waals surface area contributed by atoms with Crippen LogP contribution in [0.15, 0.2) is 18.2 Å². The summed E-state index contributed by atoms with van der Waals surface area (Å²) in [6, 6.07) is 6.37. The zero-order chi connectivity index (χ0) is 16.4. The van der Waals surface area contributed by atoms with Crippen LogP contribution < -0.4 is 10.1 Å². The first-order valence-corrected chi connectivity index (χ1v) is 8.33. The van der Waals surface area contributed by atoms with Crippen LogP contribution in [0, 0.1) is 6.92 Å². The third-order valence-corrected chi connectivity index (χ3v) is 4.86. The van der Waals surface area contributed by atoms with Crippen LogP contribution in [0.2, 0.25) is 0 Å². The Hall–Kier alpha value is -1.99. The van der Waals surface area contributed by atoms with E-state index in [2.05, 4.69) is 31.9 Å². The zero-order valence-electron chi connectivity index (χ0n) is 13.5. The van der Waals surface area contributed by atoms with E-state index in [9.17, 15) is 4.79 Å². The number of benzene rings is 1. The van der Waals surface area contributed by atoms with E-state index in [4.69, 9.17) is 4.74 Å². The summed E-state index contributed by atoms with van der Waals surface area (Å²) < 4.78 is 9.37. The van der Waals surface area contributed by atoms with Gasteiger partial charge >= 0.3 is 0 Å². The van der Waals surface area contributed by atoms with Crippen LogP contribution in [0.4, 0.5) is 0 Å². The monoisotopic (exact) mass is 332 g/mol. The number of rotatable bonds is 5. The van der Waals surface area contributed by atoms with Gasteiger partial charge in [0, 0.05) is 13.0 Å². The summed E-state index contributed by atoms with van der Waals surface area (Å²) in [5.41, 5.74) is 3.09. The number of likely N-dealkylation sites (N-methyl/N-ethyl adjacent to an activating group) is 1. The van der Waals surface area contributed by atoms with Gasteiger partial charge in [-0.05, 0) is 49.7 Å². The highest BCUT2D eigenvalue weighted by Gasteiger charge is 2.20. The van der Waals surface area contributed by atoms with E-state index in [1.807, 2.05) is 20.2 Å². The second-order valence-electron chi connectivity index (χ2n) is 5.84. The number of nitrogens with one attached hydrogen (secondary N) is 1. The Morgan fingerprint density at radius 2 is 2.30 bits per heavy atom. The molecule has 0 saturated heterocycles. The number of hydrogen-bond donors (Lipinski definition) is 1. The molecule has 7 heteroatoms. The van der Waals surface area contributed by atoms with Gasteiger partial charge in [-0.3, -0.25) is 4.79 Å². The number of carbonyl (C=O) groups is 1. The molecule has 0 fully saturated rings. The van der Waals surface area contributed by atoms with Crippen LogP contribution in [0.25, 0.3) is 0 Å². The number of fused-ring (bicyclic) bond motifs is 1. The van der Waals surface area contributed by atoms with E-state index in [0.29, 0.717) is 17.1 Å². The Morgan fingerprint density at radius 1 is 1.48 bits per heavy atom. The molecule has 1 amide bonds. The quantitative estimate of drug-likeness (QED) is 0.904. The van der Waals surface area contributed by atoms with Crippen molar-refractivity contribution in [3.05, 3.63) is 39.9 Å². The van der Waals surface area contributed by atoms with Crippen molar-refractivity contribution in [3.63, 3.8) is 0 Å². The van der Waals surface area contributed by atoms with Crippen molar-refractivity contribution >= 4 is 17.4 Å². The Kier molecular flexibility index (Phi) is 4.58. The lowest BCUT2D eigenvalue weighted by molar-refractivity contribution is 0.0945. The number of amides is 1. The Morgan fingerprint density at radius 3 is 3.00 bits per heavy atom. The topological polar surface area (TPSA) is 67.3 Å². The fraction of sp³-hybridized carbons (Fsp3) is 0.438. The van der Waals surface area contributed by atoms with E-state index in [1.54, 1.807) is 6.92 Å². The molecule has 2 aromatic rings. The van der Waals surface area contributed by atoms with Crippen molar-refractivity contribution in [1.29, 1.82) is 0 Å². The van der Waals surface area contributed by atoms with Crippen LogP contribution in [-0.2, 0) is 6.42 Å². The summed E-state index contributed by atoms with van der Waals surface area (Å²) in [5, 5.41) is 6.87. The predicted molar refractivity (Wildman–Crippen MR) is 89.0 cm³/mol. The van der Waals surface area contributed by atoms with E-state index in [0.717, 1.165) is 30.3 Å². The molecule has 23 heavy (non-hydrogen) atoms. The minimum Gasteiger partial charge on any atom is -0.493 e. The molecule has 1 aromatic carbocycles. The van der Waals surface area contributed by atoms with Crippen LogP contribution in [0.1, 0.15) is 32.5 Å². The maximum atomic E-state index is 12.3. The third kappa shape index (κ3) is 3.35. The van der Waals surface area contributed by atoms with Crippen LogP contribution >= 0.6 is 11.5 Å². The largest absolute Gasteiger partial charge is 0.493 e. The Balaban J connectivity index is 1.72. The van der Waals surface area contributed by atoms with Crippen molar-refractivity contribution < 1.29 is 9.53 Å². The number of ether oxygens (including phenoxy) is 1. The molecule has 1 N–H and O–H groups in total. The first kappa shape index (κ1) is 15.9. The number of aryl methyl sites for hydroxylation is 1. The molecule has 0 spiro atoms. The first-order chi connectivity index (χ1) is 11.1. The minimum atomic E-state index is -0.117. The van der Waals surface area contributed by atoms with Gasteiger partial charge in [-0.1, -0.05) is 16.6 Å². The first-order valence-electron chi connectivity index (χ1n) is 7.55. The fourth-order valence-corrected chi connectivity index (χ4v) is 3.29. The molecule has 0 radical (unpaired) electrons. The van der Waals surface area contributed by atoms with E-state index in [1.165, 1.54) is 11.1 Å². The van der Waals surface area contributed by atoms with Crippen molar-refractivity contribution in [3.8, 4) is 5.75 Å². The van der Waals surface area contributed by atoms with E-state index >= 15 is 0 Å². The van der Waals surface area contributed by atoms with Crippen molar-refractivity contribution in [2.24, 2.45) is 0 Å². The summed E-state index contributed by atoms with van der Waals surface area (Å²) in [5.74, 6) is 0.857. The molecule has 0 bridgehead atoms. The van der Waals surface area contributed by atoms with Crippen LogP contribution in [0.3, 0.4) is 0 Å². The standard InChI is InChI=1S/C16H20N4O2S/c1-10-15(23-19-18-10)16(21)17-9-13(20(2)3)11-4-5-14-12(8-11)6-7-22-14/h4-5,8,13H,6-7,9H2,1-3H3,(H,17,21). The molecular weight excluding hydrogens is 312 g/mol. The Bertz CT molecular complexity index is 714. The molecule has 1 aliphatic heterocycles. The average Bonchev–Trinajstić information content (AvgIpc) is 3.14. The molecule has 0 aliphatic carbocycles. The number of nitrogens with zero attached hydrogens (tertiary/aromatic N) is 3. The molecule has 0 saturated carbocycles. The summed E-state index contributed by atoms with van der Waals surface area (Å²) in [4.78, 5) is 14.9. The highest BCUT2D eigenvalue weighted by atomic mass is 32.1. The molecule has 6 nitrogen and oxygen atoms in total. The van der Waals surface area contributed by atoms with Crippen molar-refractivity contribution in [2.75, 3.05) is 27.2 Å². The summed E-state index contributed by atoms with van der Waals surface area (Å²) in [6.45, 7) is 3.07. The molecular formula is C16H20N4O2S. The SMILES string of the molecule is Cc1nnsc1C(=O)NCC(c1ccc2c(c1)CCO2)N(C)C. The van der Waals surface area contributed by atoms with Gasteiger partial charge in [-0.2, -0.15) is 0 Å². The van der Waals surface area contributed by atoms with Gasteiger partial charge in [0.1, 0.15) is 10.6 Å². The second-order valence-corrected chi connectivity index (χ2v) is 6.60. The maximum absolute atomic E-state index is 12.3. The molecule has 122 valence electrons. The highest BCUT2D eigenvalue weighted by Crippen LogP contribution is 2.29. The lowest BCUT2D eigenvalue weighted by Crippen LogP contribution is -2.34. The zero-order valence-corrected chi connectivity index (χ0v) is 14.3. The van der Waals surface area contributed by atoms with Crippen molar-refractivity contribution in [2.45, 2.75) is 19.4 Å². The summed E-state index contributed by atoms with van der Waals surface area (Å²) in [7, 11) is 4.03. The predicted octanol–water partition coefficient (Wildman–Crippen LogP) is 1.81. The molecule has 1 aliphatic rings. The summed E-state index contributed by atoms with van der Waals surface area (Å²) in [6.07, 6.45) is 0.946. The fourth-order valence-electron chi connectivity index (χ4n) is 2.72. The smallest absolute Gasteiger partial charge is 0.265 e. The maximum Gasteiger partial charge on any atom is 0.265 e. The van der Waals surface area contributed by atoms with Gasteiger partial charge in [0.2, 0.25) is 0 Å². The van der Waals surface area contributed by atoms with E-state index in [-0.39, 0.29) is 11.9 Å². The highest BCUT2D eigenvalue weighted by molar-refractivity contribution is 7.07. The number of hydrogen-bond acceptors (Lipinski definition) is 6. The van der Waals surface area contributed by atoms with Crippen LogP contribution in [-0.4, -0.2) is 47.6 Å². The number of aromatic nitrogens is 2.